The van der Waals surface area contributed by atoms with Gasteiger partial charge in [0.2, 0.25) is 0 Å². The summed E-state index contributed by atoms with van der Waals surface area (Å²) in [4.78, 5) is 22.1. The number of methoxy groups -OCH3 is 1. The van der Waals surface area contributed by atoms with Crippen LogP contribution in [-0.2, 0) is 14.3 Å². The molecule has 86 valence electrons. The number of ether oxygens (including phenoxy) is 1. The smallest absolute Gasteiger partial charge is 0.305 e. The van der Waals surface area contributed by atoms with Crippen molar-refractivity contribution >= 4 is 11.8 Å². The maximum absolute atomic E-state index is 11.3. The third kappa shape index (κ3) is 4.45. The molecule has 0 spiro atoms. The Morgan fingerprint density at radius 1 is 1.40 bits per heavy atom. The lowest BCUT2D eigenvalue weighted by molar-refractivity contribution is -0.140. The van der Waals surface area contributed by atoms with Crippen molar-refractivity contribution in [1.82, 2.24) is 0 Å². The van der Waals surface area contributed by atoms with Crippen LogP contribution in [0, 0.1) is 5.92 Å². The van der Waals surface area contributed by atoms with Crippen molar-refractivity contribution in [3.05, 3.63) is 0 Å². The molecule has 0 aliphatic heterocycles. The fourth-order valence-corrected chi connectivity index (χ4v) is 2.13. The van der Waals surface area contributed by atoms with Gasteiger partial charge >= 0.3 is 5.97 Å². The van der Waals surface area contributed by atoms with Crippen molar-refractivity contribution in [3.63, 3.8) is 0 Å². The average molecular weight is 212 g/mol. The highest BCUT2D eigenvalue weighted by molar-refractivity contribution is 5.82. The van der Waals surface area contributed by atoms with Gasteiger partial charge in [0.15, 0.2) is 0 Å². The number of rotatable bonds is 6. The molecule has 1 atom stereocenters. The largest absolute Gasteiger partial charge is 0.469 e. The van der Waals surface area contributed by atoms with Gasteiger partial charge in [0.25, 0.3) is 0 Å². The summed E-state index contributed by atoms with van der Waals surface area (Å²) in [7, 11) is 1.42. The lowest BCUT2D eigenvalue weighted by Gasteiger charge is -2.06. The van der Waals surface area contributed by atoms with Crippen LogP contribution in [0.1, 0.15) is 51.4 Å². The molecule has 0 aromatic heterocycles. The van der Waals surface area contributed by atoms with E-state index in [1.807, 2.05) is 0 Å². The third-order valence-electron chi connectivity index (χ3n) is 3.09. The highest BCUT2D eigenvalue weighted by Gasteiger charge is 2.23. The molecule has 3 nitrogen and oxygen atoms in total. The molecule has 1 saturated carbocycles. The number of carbonyl (C=O) groups is 2. The minimum absolute atomic E-state index is 0.132. The molecular weight excluding hydrogens is 192 g/mol. The van der Waals surface area contributed by atoms with Crippen LogP contribution in [0.3, 0.4) is 0 Å². The van der Waals surface area contributed by atoms with Crippen LogP contribution < -0.4 is 0 Å². The summed E-state index contributed by atoms with van der Waals surface area (Å²) in [6.07, 6.45) is 7.43. The highest BCUT2D eigenvalue weighted by Crippen LogP contribution is 2.26. The van der Waals surface area contributed by atoms with Crippen LogP contribution in [0.2, 0.25) is 0 Å². The van der Waals surface area contributed by atoms with E-state index in [1.165, 1.54) is 7.11 Å². The maximum Gasteiger partial charge on any atom is 0.305 e. The van der Waals surface area contributed by atoms with Crippen LogP contribution in [0.4, 0.5) is 0 Å². The summed E-state index contributed by atoms with van der Waals surface area (Å²) < 4.78 is 4.55. The van der Waals surface area contributed by atoms with Crippen LogP contribution in [0.5, 0.6) is 0 Å². The van der Waals surface area contributed by atoms with Crippen LogP contribution >= 0.6 is 0 Å². The van der Waals surface area contributed by atoms with Crippen molar-refractivity contribution in [2.45, 2.75) is 51.4 Å². The van der Waals surface area contributed by atoms with Crippen LogP contribution in [-0.4, -0.2) is 18.9 Å². The van der Waals surface area contributed by atoms with Gasteiger partial charge in [-0.3, -0.25) is 9.59 Å². The van der Waals surface area contributed by atoms with E-state index in [0.717, 1.165) is 44.9 Å². The zero-order chi connectivity index (χ0) is 11.1. The summed E-state index contributed by atoms with van der Waals surface area (Å²) in [5.74, 6) is 0.637. The van der Waals surface area contributed by atoms with Gasteiger partial charge in [0.1, 0.15) is 5.78 Å². The molecule has 1 aliphatic carbocycles. The second-order valence-electron chi connectivity index (χ2n) is 4.23. The summed E-state index contributed by atoms with van der Waals surface area (Å²) in [6, 6.07) is 0. The Hall–Kier alpha value is -0.860. The Balaban J connectivity index is 1.97. The molecule has 3 heteroatoms. The normalized spacial score (nSPS) is 20.6. The van der Waals surface area contributed by atoms with E-state index in [9.17, 15) is 9.59 Å². The molecule has 1 rings (SSSR count). The number of ketones is 1. The first kappa shape index (κ1) is 12.2. The van der Waals surface area contributed by atoms with E-state index in [1.54, 1.807) is 0 Å². The van der Waals surface area contributed by atoms with E-state index in [2.05, 4.69) is 4.74 Å². The lowest BCUT2D eigenvalue weighted by atomic mass is 9.99. The maximum atomic E-state index is 11.3. The van der Waals surface area contributed by atoms with Gasteiger partial charge in [-0.05, 0) is 25.7 Å². The van der Waals surface area contributed by atoms with E-state index in [-0.39, 0.29) is 5.97 Å². The fourth-order valence-electron chi connectivity index (χ4n) is 2.13. The Labute approximate surface area is 91.2 Å². The van der Waals surface area contributed by atoms with Gasteiger partial charge in [-0.1, -0.05) is 12.8 Å². The summed E-state index contributed by atoms with van der Waals surface area (Å²) in [5, 5.41) is 0. The molecule has 1 aliphatic rings. The first-order chi connectivity index (χ1) is 7.24. The molecule has 15 heavy (non-hydrogen) atoms. The van der Waals surface area contributed by atoms with Gasteiger partial charge < -0.3 is 4.74 Å². The summed E-state index contributed by atoms with van der Waals surface area (Å²) >= 11 is 0. The molecule has 0 bridgehead atoms. The second kappa shape index (κ2) is 6.59. The SMILES string of the molecule is COC(=O)CCCCCC1CCCC1=O. The number of hydrogen-bond donors (Lipinski definition) is 0. The number of Topliss-reactive ketones (excluding diaryl/α,β-unsaturated/α-hetero) is 1. The summed E-state index contributed by atoms with van der Waals surface area (Å²) in [5.41, 5.74) is 0. The van der Waals surface area contributed by atoms with E-state index in [0.29, 0.717) is 18.1 Å². The molecule has 0 amide bonds. The molecule has 0 N–H and O–H groups in total. The van der Waals surface area contributed by atoms with Crippen molar-refractivity contribution < 1.29 is 14.3 Å². The zero-order valence-electron chi connectivity index (χ0n) is 9.46. The zero-order valence-corrected chi connectivity index (χ0v) is 9.46. The quantitative estimate of drug-likeness (QED) is 0.502. The van der Waals surface area contributed by atoms with Crippen LogP contribution in [0.15, 0.2) is 0 Å². The predicted molar refractivity (Wildman–Crippen MR) is 57.4 cm³/mol. The first-order valence-electron chi connectivity index (χ1n) is 5.83. The molecule has 0 heterocycles. The Bertz CT molecular complexity index is 223. The number of carbonyl (C=O) groups excluding carboxylic acids is 2. The van der Waals surface area contributed by atoms with Gasteiger partial charge in [0.05, 0.1) is 7.11 Å². The second-order valence-corrected chi connectivity index (χ2v) is 4.23. The third-order valence-corrected chi connectivity index (χ3v) is 3.09. The van der Waals surface area contributed by atoms with Gasteiger partial charge in [-0.15, -0.1) is 0 Å². The topological polar surface area (TPSA) is 43.4 Å². The van der Waals surface area contributed by atoms with E-state index >= 15 is 0 Å². The molecule has 1 unspecified atom stereocenters. The molecule has 0 aromatic carbocycles. The Kier molecular flexibility index (Phi) is 5.37. The van der Waals surface area contributed by atoms with E-state index < -0.39 is 0 Å². The molecule has 0 aromatic rings. The molecular formula is C12H20O3. The average Bonchev–Trinajstić information content (AvgIpc) is 2.63. The molecule has 0 saturated heterocycles. The predicted octanol–water partition coefficient (Wildman–Crippen LogP) is 2.48. The van der Waals surface area contributed by atoms with Crippen LogP contribution in [0.25, 0.3) is 0 Å². The Morgan fingerprint density at radius 3 is 2.80 bits per heavy atom. The van der Waals surface area contributed by atoms with E-state index in [4.69, 9.17) is 0 Å². The lowest BCUT2D eigenvalue weighted by Crippen LogP contribution is -2.06. The molecule has 1 fully saturated rings. The monoisotopic (exact) mass is 212 g/mol. The van der Waals surface area contributed by atoms with Crippen molar-refractivity contribution in [2.75, 3.05) is 7.11 Å². The minimum Gasteiger partial charge on any atom is -0.469 e. The number of unbranched alkanes of at least 4 members (excludes halogenated alkanes) is 2. The number of esters is 1. The molecule has 0 radical (unpaired) electrons. The van der Waals surface area contributed by atoms with Crippen molar-refractivity contribution in [3.8, 4) is 0 Å². The standard InChI is InChI=1S/C12H20O3/c1-15-12(14)9-4-2-3-6-10-7-5-8-11(10)13/h10H,2-9H2,1H3. The van der Waals surface area contributed by atoms with Gasteiger partial charge in [0, 0.05) is 18.8 Å². The van der Waals surface area contributed by atoms with Crippen molar-refractivity contribution in [2.24, 2.45) is 5.92 Å². The summed E-state index contributed by atoms with van der Waals surface area (Å²) in [6.45, 7) is 0. The van der Waals surface area contributed by atoms with Gasteiger partial charge in [-0.2, -0.15) is 0 Å². The Morgan fingerprint density at radius 2 is 2.20 bits per heavy atom. The number of hydrogen-bond acceptors (Lipinski definition) is 3. The van der Waals surface area contributed by atoms with Gasteiger partial charge in [-0.25, -0.2) is 0 Å². The minimum atomic E-state index is -0.132. The fraction of sp³-hybridized carbons (Fsp3) is 0.833. The first-order valence-corrected chi connectivity index (χ1v) is 5.83. The highest BCUT2D eigenvalue weighted by atomic mass is 16.5. The van der Waals surface area contributed by atoms with Crippen molar-refractivity contribution in [1.29, 1.82) is 0 Å².